The summed E-state index contributed by atoms with van der Waals surface area (Å²) < 4.78 is 36.8. The first-order valence-corrected chi connectivity index (χ1v) is 5.15. The highest BCUT2D eigenvalue weighted by Crippen LogP contribution is 2.32. The second-order valence-corrected chi connectivity index (χ2v) is 5.07. The molecule has 0 bridgehead atoms. The van der Waals surface area contributed by atoms with E-state index in [1.54, 1.807) is 13.8 Å². The highest BCUT2D eigenvalue weighted by molar-refractivity contribution is 4.88. The van der Waals surface area contributed by atoms with Crippen LogP contribution >= 0.6 is 0 Å². The van der Waals surface area contributed by atoms with Crippen LogP contribution in [0.15, 0.2) is 0 Å². The number of aliphatic hydroxyl groups is 1. The molecule has 0 aliphatic heterocycles. The maximum absolute atomic E-state index is 12.3. The van der Waals surface area contributed by atoms with Crippen LogP contribution < -0.4 is 0 Å². The van der Waals surface area contributed by atoms with Crippen LogP contribution in [0.4, 0.5) is 13.2 Å². The van der Waals surface area contributed by atoms with Gasteiger partial charge in [0.2, 0.25) is 0 Å². The number of alkyl halides is 3. The number of halogens is 3. The van der Waals surface area contributed by atoms with Gasteiger partial charge >= 0.3 is 6.18 Å². The third-order valence-corrected chi connectivity index (χ3v) is 2.50. The molecule has 1 N–H and O–H groups in total. The van der Waals surface area contributed by atoms with Crippen molar-refractivity contribution in [1.82, 2.24) is 4.90 Å². The summed E-state index contributed by atoms with van der Waals surface area (Å²) in [6, 6.07) is 0.0671. The van der Waals surface area contributed by atoms with Crippen molar-refractivity contribution in [2.75, 3.05) is 19.7 Å². The van der Waals surface area contributed by atoms with Gasteiger partial charge in [-0.3, -0.25) is 4.90 Å². The molecule has 0 radical (unpaired) electrons. The Hall–Kier alpha value is -0.290. The van der Waals surface area contributed by atoms with E-state index in [-0.39, 0.29) is 12.6 Å². The van der Waals surface area contributed by atoms with Crippen LogP contribution in [0.5, 0.6) is 0 Å². The molecule has 0 spiro atoms. The quantitative estimate of drug-likeness (QED) is 0.774. The van der Waals surface area contributed by atoms with Crippen molar-refractivity contribution in [3.05, 3.63) is 0 Å². The summed E-state index contributed by atoms with van der Waals surface area (Å²) >= 11 is 0. The fourth-order valence-corrected chi connectivity index (χ4v) is 1.58. The van der Waals surface area contributed by atoms with E-state index in [1.165, 1.54) is 4.90 Å². The van der Waals surface area contributed by atoms with Crippen LogP contribution in [-0.4, -0.2) is 41.9 Å². The third-order valence-electron chi connectivity index (χ3n) is 2.50. The Labute approximate surface area is 88.1 Å². The fraction of sp³-hybridized carbons (Fsp3) is 1.00. The van der Waals surface area contributed by atoms with Crippen molar-refractivity contribution >= 4 is 0 Å². The molecule has 2 nitrogen and oxygen atoms in total. The highest BCUT2D eigenvalue weighted by Gasteiger charge is 2.39. The van der Waals surface area contributed by atoms with Crippen molar-refractivity contribution in [3.8, 4) is 0 Å². The molecule has 0 atom stereocenters. The summed E-state index contributed by atoms with van der Waals surface area (Å²) in [4.78, 5) is 1.44. The lowest BCUT2D eigenvalue weighted by atomic mass is 9.94. The van der Waals surface area contributed by atoms with Crippen LogP contribution in [0.1, 0.15) is 26.7 Å². The Morgan fingerprint density at radius 2 is 1.73 bits per heavy atom. The van der Waals surface area contributed by atoms with E-state index >= 15 is 0 Å². The molecule has 0 saturated heterocycles. The maximum Gasteiger partial charge on any atom is 0.401 e. The number of nitrogens with zero attached hydrogens (tertiary/aromatic N) is 1. The summed E-state index contributed by atoms with van der Waals surface area (Å²) in [5, 5.41) is 9.04. The predicted molar refractivity (Wildman–Crippen MR) is 51.5 cm³/mol. The van der Waals surface area contributed by atoms with Gasteiger partial charge in [0.15, 0.2) is 0 Å². The zero-order valence-corrected chi connectivity index (χ0v) is 9.14. The topological polar surface area (TPSA) is 23.5 Å². The average Bonchev–Trinajstić information content (AvgIpc) is 2.82. The second-order valence-electron chi connectivity index (χ2n) is 5.07. The van der Waals surface area contributed by atoms with Crippen molar-refractivity contribution < 1.29 is 18.3 Å². The Morgan fingerprint density at radius 3 is 2.07 bits per heavy atom. The van der Waals surface area contributed by atoms with Crippen molar-refractivity contribution in [1.29, 1.82) is 0 Å². The lowest BCUT2D eigenvalue weighted by Crippen LogP contribution is -2.42. The molecule has 0 aromatic carbocycles. The molecular weight excluding hydrogens is 207 g/mol. The third kappa shape index (κ3) is 4.84. The van der Waals surface area contributed by atoms with Gasteiger partial charge in [-0.15, -0.1) is 0 Å². The van der Waals surface area contributed by atoms with Gasteiger partial charge in [0, 0.05) is 24.6 Å². The van der Waals surface area contributed by atoms with Gasteiger partial charge in [-0.1, -0.05) is 13.8 Å². The number of hydrogen-bond acceptors (Lipinski definition) is 2. The van der Waals surface area contributed by atoms with Crippen LogP contribution in [0.25, 0.3) is 0 Å². The summed E-state index contributed by atoms with van der Waals surface area (Å²) in [6.45, 7) is 2.90. The van der Waals surface area contributed by atoms with Crippen LogP contribution in [0, 0.1) is 5.41 Å². The first kappa shape index (κ1) is 12.8. The van der Waals surface area contributed by atoms with Crippen LogP contribution in [0.3, 0.4) is 0 Å². The molecule has 1 rings (SSSR count). The average molecular weight is 225 g/mol. The lowest BCUT2D eigenvalue weighted by molar-refractivity contribution is -0.150. The van der Waals surface area contributed by atoms with Gasteiger partial charge in [0.05, 0.1) is 6.54 Å². The zero-order chi connectivity index (χ0) is 11.7. The molecule has 0 amide bonds. The Kier molecular flexibility index (Phi) is 3.66. The van der Waals surface area contributed by atoms with Gasteiger partial charge in [-0.25, -0.2) is 0 Å². The SMILES string of the molecule is CC(C)(CO)CN(CC(F)(F)F)C1CC1. The van der Waals surface area contributed by atoms with E-state index in [2.05, 4.69) is 0 Å². The summed E-state index contributed by atoms with van der Waals surface area (Å²) in [7, 11) is 0. The van der Waals surface area contributed by atoms with E-state index in [4.69, 9.17) is 5.11 Å². The van der Waals surface area contributed by atoms with Crippen LogP contribution in [-0.2, 0) is 0 Å². The van der Waals surface area contributed by atoms with E-state index in [0.29, 0.717) is 6.54 Å². The molecular formula is C10H18F3NO. The number of rotatable bonds is 5. The Bertz CT molecular complexity index is 211. The number of aliphatic hydroxyl groups excluding tert-OH is 1. The van der Waals surface area contributed by atoms with Gasteiger partial charge in [-0.05, 0) is 12.8 Å². The monoisotopic (exact) mass is 225 g/mol. The minimum absolute atomic E-state index is 0.0671. The zero-order valence-electron chi connectivity index (χ0n) is 9.14. The minimum Gasteiger partial charge on any atom is -0.396 e. The Morgan fingerprint density at radius 1 is 1.20 bits per heavy atom. The van der Waals surface area contributed by atoms with Crippen molar-refractivity contribution in [3.63, 3.8) is 0 Å². The van der Waals surface area contributed by atoms with E-state index in [1.807, 2.05) is 0 Å². The van der Waals surface area contributed by atoms with Gasteiger partial charge in [0.1, 0.15) is 0 Å². The summed E-state index contributed by atoms with van der Waals surface area (Å²) in [5.74, 6) is 0. The van der Waals surface area contributed by atoms with E-state index in [9.17, 15) is 13.2 Å². The van der Waals surface area contributed by atoms with E-state index in [0.717, 1.165) is 12.8 Å². The van der Waals surface area contributed by atoms with Gasteiger partial charge in [0.25, 0.3) is 0 Å². The highest BCUT2D eigenvalue weighted by atomic mass is 19.4. The molecule has 90 valence electrons. The van der Waals surface area contributed by atoms with Crippen molar-refractivity contribution in [2.24, 2.45) is 5.41 Å². The van der Waals surface area contributed by atoms with Gasteiger partial charge < -0.3 is 5.11 Å². The first-order valence-electron chi connectivity index (χ1n) is 5.15. The molecule has 1 aliphatic rings. The molecule has 1 saturated carbocycles. The van der Waals surface area contributed by atoms with Crippen molar-refractivity contribution in [2.45, 2.75) is 38.9 Å². The largest absolute Gasteiger partial charge is 0.401 e. The standard InChI is InChI=1S/C10H18F3NO/c1-9(2,7-15)5-14(8-3-4-8)6-10(11,12)13/h8,15H,3-7H2,1-2H3. The number of hydrogen-bond donors (Lipinski definition) is 1. The summed E-state index contributed by atoms with van der Waals surface area (Å²) in [5.41, 5.74) is -0.464. The lowest BCUT2D eigenvalue weighted by Gasteiger charge is -2.31. The smallest absolute Gasteiger partial charge is 0.396 e. The molecule has 1 aliphatic carbocycles. The molecule has 0 heterocycles. The first-order chi connectivity index (χ1) is 6.73. The molecule has 5 heteroatoms. The molecule has 0 unspecified atom stereocenters. The minimum atomic E-state index is -4.14. The molecule has 1 fully saturated rings. The molecule has 0 aromatic rings. The van der Waals surface area contributed by atoms with Crippen LogP contribution in [0.2, 0.25) is 0 Å². The summed E-state index contributed by atoms with van der Waals surface area (Å²) in [6.07, 6.45) is -2.46. The predicted octanol–water partition coefficient (Wildman–Crippen LogP) is 2.03. The Balaban J connectivity index is 2.51. The van der Waals surface area contributed by atoms with Gasteiger partial charge in [-0.2, -0.15) is 13.2 Å². The second kappa shape index (κ2) is 4.29. The maximum atomic E-state index is 12.3. The fourth-order valence-electron chi connectivity index (χ4n) is 1.58. The van der Waals surface area contributed by atoms with E-state index < -0.39 is 18.1 Å². The normalized spacial score (nSPS) is 18.6. The molecule has 0 aromatic heterocycles. The molecule has 15 heavy (non-hydrogen) atoms.